The first kappa shape index (κ1) is 21.7. The minimum Gasteiger partial charge on any atom is -0.352 e. The molecule has 1 N–H and O–H groups in total. The summed E-state index contributed by atoms with van der Waals surface area (Å²) in [5.41, 5.74) is 2.24. The number of amides is 1. The van der Waals surface area contributed by atoms with E-state index in [4.69, 9.17) is 11.6 Å². The van der Waals surface area contributed by atoms with Gasteiger partial charge in [-0.2, -0.15) is 5.10 Å². The highest BCUT2D eigenvalue weighted by atomic mass is 35.5. The summed E-state index contributed by atoms with van der Waals surface area (Å²) in [6, 6.07) is 15.7. The number of para-hydroxylation sites is 1. The number of rotatable bonds is 5. The van der Waals surface area contributed by atoms with Crippen LogP contribution in [0.1, 0.15) is 44.1 Å². The van der Waals surface area contributed by atoms with Crippen molar-refractivity contribution in [1.82, 2.24) is 19.7 Å². The smallest absolute Gasteiger partial charge is 0.291 e. The Hall–Kier alpha value is -3.12. The molecule has 0 radical (unpaired) electrons. The monoisotopic (exact) mass is 462 g/mol. The summed E-state index contributed by atoms with van der Waals surface area (Å²) in [6.07, 6.45) is 8.42. The largest absolute Gasteiger partial charge is 0.352 e. The van der Waals surface area contributed by atoms with Crippen LogP contribution in [-0.4, -0.2) is 26.3 Å². The molecule has 4 aromatic rings. The highest BCUT2D eigenvalue weighted by Gasteiger charge is 2.19. The fourth-order valence-electron chi connectivity index (χ4n) is 4.92. The summed E-state index contributed by atoms with van der Waals surface area (Å²) in [4.78, 5) is 26.3. The van der Waals surface area contributed by atoms with E-state index in [0.29, 0.717) is 17.1 Å². The fourth-order valence-corrected chi connectivity index (χ4v) is 5.13. The highest BCUT2D eigenvalue weighted by Crippen LogP contribution is 2.27. The zero-order chi connectivity index (χ0) is 22.8. The average Bonchev–Trinajstić information content (AvgIpc) is 2.94. The van der Waals surface area contributed by atoms with Crippen molar-refractivity contribution in [1.29, 1.82) is 0 Å². The van der Waals surface area contributed by atoms with E-state index in [1.165, 1.54) is 17.5 Å². The second-order valence-electron chi connectivity index (χ2n) is 8.86. The predicted octanol–water partition coefficient (Wildman–Crippen LogP) is 4.89. The number of nitrogens with one attached hydrogen (secondary N) is 1. The zero-order valence-electron chi connectivity index (χ0n) is 18.5. The van der Waals surface area contributed by atoms with Crippen LogP contribution in [0, 0.1) is 0 Å². The summed E-state index contributed by atoms with van der Waals surface area (Å²) in [7, 11) is 0. The summed E-state index contributed by atoms with van der Waals surface area (Å²) in [5, 5.41) is 9.87. The van der Waals surface area contributed by atoms with Crippen molar-refractivity contribution in [3.63, 3.8) is 0 Å². The minimum absolute atomic E-state index is 0.0794. The molecule has 0 saturated heterocycles. The van der Waals surface area contributed by atoms with Crippen LogP contribution in [0.3, 0.4) is 0 Å². The third-order valence-corrected chi connectivity index (χ3v) is 6.75. The van der Waals surface area contributed by atoms with Crippen LogP contribution in [0.25, 0.3) is 21.8 Å². The third kappa shape index (κ3) is 4.53. The molecule has 5 rings (SSSR count). The van der Waals surface area contributed by atoms with E-state index in [1.807, 2.05) is 53.1 Å². The maximum Gasteiger partial charge on any atom is 0.291 e. The summed E-state index contributed by atoms with van der Waals surface area (Å²) in [6.45, 7) is 0.419. The van der Waals surface area contributed by atoms with E-state index in [1.54, 1.807) is 6.20 Å². The number of halogens is 1. The van der Waals surface area contributed by atoms with Gasteiger partial charge in [-0.1, -0.05) is 67.6 Å². The summed E-state index contributed by atoms with van der Waals surface area (Å²) >= 11 is 6.20. The lowest BCUT2D eigenvalue weighted by Gasteiger charge is -2.16. The molecule has 1 fully saturated rings. The third-order valence-electron chi connectivity index (χ3n) is 6.52. The quantitative estimate of drug-likeness (QED) is 0.429. The van der Waals surface area contributed by atoms with Gasteiger partial charge >= 0.3 is 0 Å². The number of carbonyl (C=O) groups excluding carboxylic acids is 1. The number of hydrogen-bond donors (Lipinski definition) is 1. The van der Waals surface area contributed by atoms with Gasteiger partial charge in [0.2, 0.25) is 5.91 Å². The molecular weight excluding hydrogens is 436 g/mol. The van der Waals surface area contributed by atoms with Crippen LogP contribution in [0.5, 0.6) is 0 Å². The molecule has 33 heavy (non-hydrogen) atoms. The molecule has 2 heterocycles. The van der Waals surface area contributed by atoms with Gasteiger partial charge in [-0.05, 0) is 36.6 Å². The van der Waals surface area contributed by atoms with Crippen molar-refractivity contribution in [3.8, 4) is 0 Å². The van der Waals surface area contributed by atoms with Crippen molar-refractivity contribution >= 4 is 39.3 Å². The molecule has 7 heteroatoms. The van der Waals surface area contributed by atoms with E-state index >= 15 is 0 Å². The van der Waals surface area contributed by atoms with Crippen molar-refractivity contribution in [2.75, 3.05) is 0 Å². The molecule has 1 saturated carbocycles. The number of hydrogen-bond acceptors (Lipinski definition) is 3. The van der Waals surface area contributed by atoms with Gasteiger partial charge < -0.3 is 9.88 Å². The normalized spacial score (nSPS) is 15.1. The SMILES string of the molecule is O=C(Cn1ncc2c3ccccc3n(Cc3cccc(Cl)c3)c2c1=O)NC1CCCCCC1. The Kier molecular flexibility index (Phi) is 6.18. The van der Waals surface area contributed by atoms with Gasteiger partial charge in [0.05, 0.1) is 6.20 Å². The van der Waals surface area contributed by atoms with Crippen molar-refractivity contribution < 1.29 is 4.79 Å². The molecule has 0 unspecified atom stereocenters. The summed E-state index contributed by atoms with van der Waals surface area (Å²) < 4.78 is 3.28. The molecule has 170 valence electrons. The van der Waals surface area contributed by atoms with E-state index in [-0.39, 0.29) is 24.1 Å². The second-order valence-corrected chi connectivity index (χ2v) is 9.30. The Balaban J connectivity index is 1.51. The maximum atomic E-state index is 13.5. The van der Waals surface area contributed by atoms with Crippen LogP contribution >= 0.6 is 11.6 Å². The van der Waals surface area contributed by atoms with E-state index in [2.05, 4.69) is 10.4 Å². The molecule has 1 aliphatic carbocycles. The molecule has 1 aliphatic rings. The van der Waals surface area contributed by atoms with Gasteiger partial charge in [0.1, 0.15) is 12.1 Å². The van der Waals surface area contributed by atoms with Gasteiger partial charge in [-0.3, -0.25) is 9.59 Å². The van der Waals surface area contributed by atoms with E-state index in [9.17, 15) is 9.59 Å². The highest BCUT2D eigenvalue weighted by molar-refractivity contribution is 6.30. The Bertz CT molecular complexity index is 1370. The predicted molar refractivity (Wildman–Crippen MR) is 132 cm³/mol. The Morgan fingerprint density at radius 3 is 2.61 bits per heavy atom. The first-order valence-electron chi connectivity index (χ1n) is 11.6. The van der Waals surface area contributed by atoms with Crippen molar-refractivity contribution in [2.24, 2.45) is 0 Å². The lowest BCUT2D eigenvalue weighted by molar-refractivity contribution is -0.122. The number of fused-ring (bicyclic) bond motifs is 3. The Morgan fingerprint density at radius 2 is 1.82 bits per heavy atom. The molecule has 2 aromatic heterocycles. The lowest BCUT2D eigenvalue weighted by atomic mass is 10.1. The van der Waals surface area contributed by atoms with Crippen LogP contribution in [-0.2, 0) is 17.9 Å². The molecule has 6 nitrogen and oxygen atoms in total. The molecule has 0 atom stereocenters. The van der Waals surface area contributed by atoms with Crippen LogP contribution in [0.2, 0.25) is 5.02 Å². The number of aromatic nitrogens is 3. The average molecular weight is 463 g/mol. The molecule has 1 amide bonds. The minimum atomic E-state index is -0.262. The van der Waals surface area contributed by atoms with Gasteiger partial charge in [-0.25, -0.2) is 4.68 Å². The number of carbonyl (C=O) groups is 1. The van der Waals surface area contributed by atoms with Crippen LogP contribution < -0.4 is 10.9 Å². The number of benzene rings is 2. The fraction of sp³-hybridized carbons (Fsp3) is 0.346. The van der Waals surface area contributed by atoms with Gasteiger partial charge in [-0.15, -0.1) is 0 Å². The topological polar surface area (TPSA) is 68.9 Å². The number of nitrogens with zero attached hydrogens (tertiary/aromatic N) is 3. The Labute approximate surface area is 197 Å². The van der Waals surface area contributed by atoms with E-state index < -0.39 is 0 Å². The zero-order valence-corrected chi connectivity index (χ0v) is 19.2. The molecule has 2 aromatic carbocycles. The van der Waals surface area contributed by atoms with Gasteiger partial charge in [0.15, 0.2) is 0 Å². The van der Waals surface area contributed by atoms with Gasteiger partial charge in [0, 0.05) is 33.9 Å². The van der Waals surface area contributed by atoms with Gasteiger partial charge in [0.25, 0.3) is 5.56 Å². The molecule has 0 aliphatic heterocycles. The summed E-state index contributed by atoms with van der Waals surface area (Å²) in [5.74, 6) is -0.159. The lowest BCUT2D eigenvalue weighted by Crippen LogP contribution is -2.39. The van der Waals surface area contributed by atoms with Crippen LogP contribution in [0.15, 0.2) is 59.5 Å². The standard InChI is InChI=1S/C26H27ClN4O2/c27-19-9-7-8-18(14-19)16-30-23-13-6-5-12-21(23)22-15-28-31(26(33)25(22)30)17-24(32)29-20-10-3-1-2-4-11-20/h5-9,12-15,20H,1-4,10-11,16-17H2,(H,29,32). The first-order valence-corrected chi connectivity index (χ1v) is 12.0. The van der Waals surface area contributed by atoms with Crippen molar-refractivity contribution in [3.05, 3.63) is 75.7 Å². The first-order chi connectivity index (χ1) is 16.1. The molecule has 0 bridgehead atoms. The Morgan fingerprint density at radius 1 is 1.03 bits per heavy atom. The van der Waals surface area contributed by atoms with Crippen LogP contribution in [0.4, 0.5) is 0 Å². The van der Waals surface area contributed by atoms with Crippen molar-refractivity contribution in [2.45, 2.75) is 57.7 Å². The maximum absolute atomic E-state index is 13.5. The molecule has 0 spiro atoms. The molecular formula is C26H27ClN4O2. The second kappa shape index (κ2) is 9.40. The van der Waals surface area contributed by atoms with E-state index in [0.717, 1.165) is 47.5 Å².